The summed E-state index contributed by atoms with van der Waals surface area (Å²) in [5.74, 6) is -0.478. The number of rotatable bonds is 7. The second kappa shape index (κ2) is 10.0. The first-order valence-electron chi connectivity index (χ1n) is 8.99. The Labute approximate surface area is 181 Å². The molecule has 0 saturated heterocycles. The van der Waals surface area contributed by atoms with Gasteiger partial charge in [0.2, 0.25) is 0 Å². The van der Waals surface area contributed by atoms with Gasteiger partial charge in [0.05, 0.1) is 28.1 Å². The van der Waals surface area contributed by atoms with Gasteiger partial charge >= 0.3 is 5.97 Å². The molecule has 1 atom stereocenters. The van der Waals surface area contributed by atoms with Gasteiger partial charge < -0.3 is 15.4 Å². The lowest BCUT2D eigenvalue weighted by molar-refractivity contribution is 0.0526. The van der Waals surface area contributed by atoms with Gasteiger partial charge in [0.1, 0.15) is 0 Å². The Balaban J connectivity index is 2.07. The van der Waals surface area contributed by atoms with E-state index in [4.69, 9.17) is 28.6 Å². The van der Waals surface area contributed by atoms with E-state index in [1.165, 1.54) is 6.26 Å². The Morgan fingerprint density at radius 2 is 1.83 bits per heavy atom. The normalized spacial score (nSPS) is 12.1. The lowest BCUT2D eigenvalue weighted by Gasteiger charge is -2.20. The van der Waals surface area contributed by atoms with E-state index in [9.17, 15) is 13.2 Å². The van der Waals surface area contributed by atoms with Crippen molar-refractivity contribution in [3.63, 3.8) is 0 Å². The van der Waals surface area contributed by atoms with Crippen LogP contribution in [0, 0.1) is 0 Å². The maximum atomic E-state index is 11.8. The van der Waals surface area contributed by atoms with E-state index in [0.29, 0.717) is 10.8 Å². The summed E-state index contributed by atoms with van der Waals surface area (Å²) in [6.45, 7) is 3.99. The highest BCUT2D eigenvalue weighted by Gasteiger charge is 2.15. The van der Waals surface area contributed by atoms with E-state index in [1.54, 1.807) is 49.4 Å². The number of ether oxygens (including phenoxy) is 1. The second-order valence-corrected chi connectivity index (χ2v) is 9.15. The summed E-state index contributed by atoms with van der Waals surface area (Å²) < 4.78 is 28.2. The van der Waals surface area contributed by atoms with Crippen LogP contribution in [0.5, 0.6) is 0 Å². The fourth-order valence-corrected chi connectivity index (χ4v) is 3.81. The number of hydrogen-bond donors (Lipinski definition) is 2. The molecular weight excluding hydrogens is 432 g/mol. The lowest BCUT2D eigenvalue weighted by Crippen LogP contribution is -2.32. The van der Waals surface area contributed by atoms with Gasteiger partial charge in [0.25, 0.3) is 0 Å². The van der Waals surface area contributed by atoms with E-state index in [2.05, 4.69) is 10.6 Å². The summed E-state index contributed by atoms with van der Waals surface area (Å²) in [4.78, 5) is 12.1. The topological polar surface area (TPSA) is 84.5 Å². The fourth-order valence-electron chi connectivity index (χ4n) is 2.66. The Hall–Kier alpha value is -2.16. The van der Waals surface area contributed by atoms with Crippen molar-refractivity contribution in [2.45, 2.75) is 31.2 Å². The number of carbonyl (C=O) groups excluding carboxylic acids is 1. The van der Waals surface area contributed by atoms with E-state index in [1.807, 2.05) is 6.92 Å². The molecule has 0 aromatic heterocycles. The van der Waals surface area contributed by atoms with Crippen molar-refractivity contribution < 1.29 is 17.9 Å². The van der Waals surface area contributed by atoms with Gasteiger partial charge in [-0.3, -0.25) is 0 Å². The quantitative estimate of drug-likeness (QED) is 0.475. The molecule has 0 unspecified atom stereocenters. The summed E-state index contributed by atoms with van der Waals surface area (Å²) in [6.07, 6.45) is 1.91. The predicted octanol–water partition coefficient (Wildman–Crippen LogP) is 4.36. The number of nitrogens with one attached hydrogen (secondary N) is 2. The number of esters is 1. The van der Waals surface area contributed by atoms with Crippen LogP contribution in [-0.4, -0.2) is 32.4 Å². The number of anilines is 1. The fraction of sp³-hybridized carbons (Fsp3) is 0.300. The van der Waals surface area contributed by atoms with Crippen molar-refractivity contribution in [1.82, 2.24) is 5.32 Å². The number of hydrogen-bond acceptors (Lipinski definition) is 5. The summed E-state index contributed by atoms with van der Waals surface area (Å²) >= 11 is 11.6. The predicted molar refractivity (Wildman–Crippen MR) is 119 cm³/mol. The van der Waals surface area contributed by atoms with Crippen LogP contribution in [0.15, 0.2) is 47.4 Å². The number of halogens is 1. The monoisotopic (exact) mass is 454 g/mol. The van der Waals surface area contributed by atoms with Crippen LogP contribution in [0.25, 0.3) is 0 Å². The molecule has 0 fully saturated rings. The zero-order valence-corrected chi connectivity index (χ0v) is 18.7. The maximum Gasteiger partial charge on any atom is 0.339 e. The van der Waals surface area contributed by atoms with Gasteiger partial charge in [-0.05, 0) is 61.5 Å². The third-order valence-corrected chi connectivity index (χ3v) is 5.81. The maximum absolute atomic E-state index is 11.8. The molecular formula is C20H23ClN2O4S2. The Morgan fingerprint density at radius 1 is 1.17 bits per heavy atom. The lowest BCUT2D eigenvalue weighted by atomic mass is 10.1. The summed E-state index contributed by atoms with van der Waals surface area (Å²) in [7, 11) is -3.24. The third-order valence-electron chi connectivity index (χ3n) is 4.15. The van der Waals surface area contributed by atoms with Gasteiger partial charge in [-0.2, -0.15) is 0 Å². The first-order valence-corrected chi connectivity index (χ1v) is 11.7. The van der Waals surface area contributed by atoms with Crippen LogP contribution in [0.4, 0.5) is 5.69 Å². The molecule has 2 aromatic carbocycles. The van der Waals surface area contributed by atoms with Crippen LogP contribution in [0.2, 0.25) is 5.02 Å². The Kier molecular flexibility index (Phi) is 8.01. The van der Waals surface area contributed by atoms with E-state index in [0.717, 1.165) is 12.0 Å². The number of thiocarbonyl (C=S) groups is 1. The summed E-state index contributed by atoms with van der Waals surface area (Å²) in [6, 6.07) is 11.5. The molecule has 6 nitrogen and oxygen atoms in total. The first kappa shape index (κ1) is 23.1. The van der Waals surface area contributed by atoms with E-state index >= 15 is 0 Å². The van der Waals surface area contributed by atoms with Gasteiger partial charge in [-0.25, -0.2) is 13.2 Å². The van der Waals surface area contributed by atoms with Crippen molar-refractivity contribution >= 4 is 50.4 Å². The minimum Gasteiger partial charge on any atom is -0.462 e. The largest absolute Gasteiger partial charge is 0.462 e. The molecule has 156 valence electrons. The molecule has 0 heterocycles. The van der Waals surface area contributed by atoms with Crippen LogP contribution < -0.4 is 10.6 Å². The van der Waals surface area contributed by atoms with Crippen molar-refractivity contribution in [3.8, 4) is 0 Å². The van der Waals surface area contributed by atoms with Gasteiger partial charge in [0.15, 0.2) is 14.9 Å². The number of benzene rings is 2. The number of sulfone groups is 1. The molecule has 2 aromatic rings. The summed E-state index contributed by atoms with van der Waals surface area (Å²) in [5, 5.41) is 6.88. The zero-order chi connectivity index (χ0) is 21.6. The minimum absolute atomic E-state index is 0.0992. The highest BCUT2D eigenvalue weighted by molar-refractivity contribution is 7.90. The molecule has 0 radical (unpaired) electrons. The second-order valence-electron chi connectivity index (χ2n) is 6.32. The smallest absolute Gasteiger partial charge is 0.339 e. The van der Waals surface area contributed by atoms with Crippen LogP contribution >= 0.6 is 23.8 Å². The van der Waals surface area contributed by atoms with E-state index in [-0.39, 0.29) is 28.1 Å². The average molecular weight is 455 g/mol. The van der Waals surface area contributed by atoms with Gasteiger partial charge in [-0.15, -0.1) is 0 Å². The van der Waals surface area contributed by atoms with Crippen LogP contribution in [0.1, 0.15) is 42.2 Å². The summed E-state index contributed by atoms with van der Waals surface area (Å²) in [5.41, 5.74) is 1.83. The highest BCUT2D eigenvalue weighted by atomic mass is 35.5. The Morgan fingerprint density at radius 3 is 2.34 bits per heavy atom. The molecule has 0 aliphatic carbocycles. The van der Waals surface area contributed by atoms with Crippen molar-refractivity contribution in [2.75, 3.05) is 18.2 Å². The molecule has 0 aliphatic heterocycles. The van der Waals surface area contributed by atoms with Crippen molar-refractivity contribution in [3.05, 3.63) is 58.6 Å². The molecule has 0 spiro atoms. The molecule has 2 rings (SSSR count). The molecule has 0 saturated carbocycles. The molecule has 0 aliphatic rings. The van der Waals surface area contributed by atoms with Crippen molar-refractivity contribution in [1.29, 1.82) is 0 Å². The van der Waals surface area contributed by atoms with Crippen LogP contribution in [-0.2, 0) is 14.6 Å². The number of carbonyl (C=O) groups is 1. The van der Waals surface area contributed by atoms with E-state index < -0.39 is 15.8 Å². The average Bonchev–Trinajstić information content (AvgIpc) is 2.65. The molecule has 2 N–H and O–H groups in total. The Bertz CT molecular complexity index is 992. The van der Waals surface area contributed by atoms with Gasteiger partial charge in [-0.1, -0.05) is 30.7 Å². The highest BCUT2D eigenvalue weighted by Crippen LogP contribution is 2.23. The SMILES string of the molecule is CCOC(=O)c1ccc(NC(=S)N[C@H](CC)c2ccc(S(C)(=O)=O)cc2)cc1Cl. The molecule has 0 amide bonds. The molecule has 29 heavy (non-hydrogen) atoms. The molecule has 9 heteroatoms. The minimum atomic E-state index is -3.24. The third kappa shape index (κ3) is 6.42. The van der Waals surface area contributed by atoms with Gasteiger partial charge in [0, 0.05) is 11.9 Å². The first-order chi connectivity index (χ1) is 13.7. The standard InChI is InChI=1S/C20H23ClN2O4S2/c1-4-18(13-6-9-15(10-7-13)29(3,25)26)23-20(28)22-14-8-11-16(17(21)12-14)19(24)27-5-2/h6-12,18H,4-5H2,1-3H3,(H2,22,23,28)/t18-/m1/s1. The van der Waals surface area contributed by atoms with Crippen LogP contribution in [0.3, 0.4) is 0 Å². The molecule has 0 bridgehead atoms. The zero-order valence-electron chi connectivity index (χ0n) is 16.4. The van der Waals surface area contributed by atoms with Crippen molar-refractivity contribution in [2.24, 2.45) is 0 Å².